The molecular weight excluding hydrogens is 226 g/mol. The Balaban J connectivity index is 2.91. The first-order chi connectivity index (χ1) is 8.47. The molecule has 0 amide bonds. The minimum atomic E-state index is -0.0751. The van der Waals surface area contributed by atoms with Gasteiger partial charge in [0.2, 0.25) is 5.88 Å². The average Bonchev–Trinajstić information content (AvgIpc) is 2.28. The van der Waals surface area contributed by atoms with Gasteiger partial charge in [-0.25, -0.2) is 4.98 Å². The number of anilines is 1. The first kappa shape index (κ1) is 14.7. The molecule has 1 N–H and O–H groups in total. The van der Waals surface area contributed by atoms with Crippen LogP contribution in [0.25, 0.3) is 0 Å². The Bertz CT molecular complexity index is 372. The van der Waals surface area contributed by atoms with Crippen molar-refractivity contribution in [2.24, 2.45) is 0 Å². The molecule has 18 heavy (non-hydrogen) atoms. The Morgan fingerprint density at radius 2 is 1.94 bits per heavy atom. The van der Waals surface area contributed by atoms with Gasteiger partial charge in [0, 0.05) is 18.0 Å². The van der Waals surface area contributed by atoms with E-state index in [1.54, 1.807) is 0 Å². The van der Waals surface area contributed by atoms with E-state index in [4.69, 9.17) is 4.74 Å². The number of aromatic nitrogens is 2. The summed E-state index contributed by atoms with van der Waals surface area (Å²) in [7, 11) is 0. The number of ether oxygens (including phenoxy) is 1. The summed E-state index contributed by atoms with van der Waals surface area (Å²) in [6, 6.07) is 1.87. The molecule has 0 saturated carbocycles. The summed E-state index contributed by atoms with van der Waals surface area (Å²) in [5.41, 5.74) is -0.0751. The van der Waals surface area contributed by atoms with Gasteiger partial charge in [-0.1, -0.05) is 34.1 Å². The van der Waals surface area contributed by atoms with E-state index in [2.05, 4.69) is 43.0 Å². The fourth-order valence-corrected chi connectivity index (χ4v) is 1.47. The molecule has 0 atom stereocenters. The first-order valence-corrected chi connectivity index (χ1v) is 6.73. The second kappa shape index (κ2) is 6.57. The molecule has 0 aliphatic rings. The van der Waals surface area contributed by atoms with Crippen LogP contribution < -0.4 is 10.1 Å². The molecule has 0 aliphatic carbocycles. The summed E-state index contributed by atoms with van der Waals surface area (Å²) in [5.74, 6) is 2.32. The molecule has 0 unspecified atom stereocenters. The van der Waals surface area contributed by atoms with E-state index in [0.29, 0.717) is 12.5 Å². The minimum Gasteiger partial charge on any atom is -0.478 e. The van der Waals surface area contributed by atoms with Crippen LogP contribution in [0.3, 0.4) is 0 Å². The highest BCUT2D eigenvalue weighted by Gasteiger charge is 2.19. The van der Waals surface area contributed by atoms with Crippen molar-refractivity contribution in [3.63, 3.8) is 0 Å². The van der Waals surface area contributed by atoms with E-state index in [9.17, 15) is 0 Å². The van der Waals surface area contributed by atoms with Crippen LogP contribution in [0.4, 0.5) is 5.82 Å². The molecule has 0 saturated heterocycles. The van der Waals surface area contributed by atoms with E-state index in [0.717, 1.165) is 24.6 Å². The third-order valence-electron chi connectivity index (χ3n) is 2.50. The summed E-state index contributed by atoms with van der Waals surface area (Å²) >= 11 is 0. The van der Waals surface area contributed by atoms with Gasteiger partial charge in [0.15, 0.2) is 0 Å². The summed E-state index contributed by atoms with van der Waals surface area (Å²) < 4.78 is 5.50. The van der Waals surface area contributed by atoms with Gasteiger partial charge in [-0.05, 0) is 13.3 Å². The molecule has 0 radical (unpaired) electrons. The predicted octanol–water partition coefficient (Wildman–Crippen LogP) is 3.38. The van der Waals surface area contributed by atoms with Crippen LogP contribution in [-0.4, -0.2) is 23.1 Å². The van der Waals surface area contributed by atoms with Gasteiger partial charge in [-0.15, -0.1) is 0 Å². The van der Waals surface area contributed by atoms with Gasteiger partial charge in [0.05, 0.1) is 6.61 Å². The van der Waals surface area contributed by atoms with E-state index >= 15 is 0 Å². The molecule has 1 aromatic rings. The van der Waals surface area contributed by atoms with Crippen molar-refractivity contribution in [1.82, 2.24) is 9.97 Å². The second-order valence-electron chi connectivity index (χ2n) is 5.38. The predicted molar refractivity (Wildman–Crippen MR) is 75.3 cm³/mol. The molecule has 0 aromatic carbocycles. The van der Waals surface area contributed by atoms with Crippen molar-refractivity contribution < 1.29 is 4.74 Å². The lowest BCUT2D eigenvalue weighted by atomic mass is 9.96. The van der Waals surface area contributed by atoms with Crippen LogP contribution in [0.5, 0.6) is 5.88 Å². The average molecular weight is 251 g/mol. The van der Waals surface area contributed by atoms with Crippen LogP contribution in [0.15, 0.2) is 6.07 Å². The van der Waals surface area contributed by atoms with Crippen molar-refractivity contribution >= 4 is 5.82 Å². The summed E-state index contributed by atoms with van der Waals surface area (Å²) in [5, 5.41) is 3.33. The van der Waals surface area contributed by atoms with Crippen LogP contribution in [0.2, 0.25) is 0 Å². The number of nitrogens with one attached hydrogen (secondary N) is 1. The van der Waals surface area contributed by atoms with Gasteiger partial charge < -0.3 is 10.1 Å². The summed E-state index contributed by atoms with van der Waals surface area (Å²) in [6.07, 6.45) is 2.31. The Hall–Kier alpha value is -1.32. The monoisotopic (exact) mass is 251 g/mol. The maximum Gasteiger partial charge on any atom is 0.218 e. The van der Waals surface area contributed by atoms with Crippen molar-refractivity contribution in [2.75, 3.05) is 18.5 Å². The lowest BCUT2D eigenvalue weighted by Gasteiger charge is -2.18. The lowest BCUT2D eigenvalue weighted by Crippen LogP contribution is -2.18. The fourth-order valence-electron chi connectivity index (χ4n) is 1.47. The molecule has 0 fully saturated rings. The molecule has 102 valence electrons. The van der Waals surface area contributed by atoms with Crippen molar-refractivity contribution in [3.8, 4) is 5.88 Å². The SMILES string of the molecule is CCCCNc1cc(OCC)nc(C(C)(C)C)n1. The molecule has 4 heteroatoms. The minimum absolute atomic E-state index is 0.0751. The molecule has 0 bridgehead atoms. The summed E-state index contributed by atoms with van der Waals surface area (Å²) in [4.78, 5) is 9.01. The number of hydrogen-bond acceptors (Lipinski definition) is 4. The number of rotatable bonds is 6. The zero-order valence-electron chi connectivity index (χ0n) is 12.2. The van der Waals surface area contributed by atoms with Crippen molar-refractivity contribution in [3.05, 3.63) is 11.9 Å². The van der Waals surface area contributed by atoms with Gasteiger partial charge in [-0.2, -0.15) is 4.98 Å². The van der Waals surface area contributed by atoms with E-state index in [1.165, 1.54) is 6.42 Å². The van der Waals surface area contributed by atoms with Crippen LogP contribution in [0, 0.1) is 0 Å². The zero-order valence-corrected chi connectivity index (χ0v) is 12.2. The smallest absolute Gasteiger partial charge is 0.218 e. The van der Waals surface area contributed by atoms with Gasteiger partial charge in [0.25, 0.3) is 0 Å². The quantitative estimate of drug-likeness (QED) is 0.787. The third-order valence-corrected chi connectivity index (χ3v) is 2.50. The summed E-state index contributed by atoms with van der Waals surface area (Å²) in [6.45, 7) is 12.0. The number of nitrogens with zero attached hydrogens (tertiary/aromatic N) is 2. The fraction of sp³-hybridized carbons (Fsp3) is 0.714. The Morgan fingerprint density at radius 1 is 1.22 bits per heavy atom. The van der Waals surface area contributed by atoms with Gasteiger partial charge >= 0.3 is 0 Å². The Morgan fingerprint density at radius 3 is 2.50 bits per heavy atom. The normalized spacial score (nSPS) is 11.4. The molecule has 1 heterocycles. The van der Waals surface area contributed by atoms with E-state index in [1.807, 2.05) is 13.0 Å². The van der Waals surface area contributed by atoms with Crippen LogP contribution in [-0.2, 0) is 5.41 Å². The highest BCUT2D eigenvalue weighted by molar-refractivity contribution is 5.39. The third kappa shape index (κ3) is 4.51. The van der Waals surface area contributed by atoms with Crippen LogP contribution in [0.1, 0.15) is 53.3 Å². The van der Waals surface area contributed by atoms with E-state index < -0.39 is 0 Å². The molecule has 1 aromatic heterocycles. The Labute approximate surface area is 110 Å². The zero-order chi connectivity index (χ0) is 13.6. The second-order valence-corrected chi connectivity index (χ2v) is 5.38. The van der Waals surface area contributed by atoms with Crippen LogP contribution >= 0.6 is 0 Å². The lowest BCUT2D eigenvalue weighted by molar-refractivity contribution is 0.322. The topological polar surface area (TPSA) is 47.0 Å². The largest absolute Gasteiger partial charge is 0.478 e. The molecule has 1 rings (SSSR count). The highest BCUT2D eigenvalue weighted by atomic mass is 16.5. The van der Waals surface area contributed by atoms with Crippen molar-refractivity contribution in [1.29, 1.82) is 0 Å². The maximum absolute atomic E-state index is 5.50. The van der Waals surface area contributed by atoms with Gasteiger partial charge in [-0.3, -0.25) is 0 Å². The molecule has 0 aliphatic heterocycles. The highest BCUT2D eigenvalue weighted by Crippen LogP contribution is 2.23. The first-order valence-electron chi connectivity index (χ1n) is 6.73. The molecular formula is C14H25N3O. The van der Waals surface area contributed by atoms with E-state index in [-0.39, 0.29) is 5.41 Å². The number of hydrogen-bond donors (Lipinski definition) is 1. The standard InChI is InChI=1S/C14H25N3O/c1-6-8-9-15-11-10-12(18-7-2)17-13(16-11)14(3,4)5/h10H,6-9H2,1-5H3,(H,15,16,17). The number of unbranched alkanes of at least 4 members (excludes halogenated alkanes) is 1. The van der Waals surface area contributed by atoms with Crippen molar-refractivity contribution in [2.45, 2.75) is 52.9 Å². The Kier molecular flexibility index (Phi) is 5.38. The molecule has 0 spiro atoms. The maximum atomic E-state index is 5.50. The van der Waals surface area contributed by atoms with Gasteiger partial charge in [0.1, 0.15) is 11.6 Å². The molecule has 4 nitrogen and oxygen atoms in total.